The van der Waals surface area contributed by atoms with E-state index in [1.54, 1.807) is 6.20 Å². The summed E-state index contributed by atoms with van der Waals surface area (Å²) in [5.41, 5.74) is 2.48. The fraction of sp³-hybridized carbons (Fsp3) is 0.286. The number of carbonyl (C=O) groups is 1. The molecule has 0 aliphatic carbocycles. The largest absolute Gasteiger partial charge is 0.325 e. The predicted molar refractivity (Wildman–Crippen MR) is 98.5 cm³/mol. The van der Waals surface area contributed by atoms with Crippen LogP contribution in [0.2, 0.25) is 0 Å². The highest BCUT2D eigenvalue weighted by molar-refractivity contribution is 5.76. The number of hydrogen-bond donors (Lipinski definition) is 1. The van der Waals surface area contributed by atoms with E-state index in [1.165, 1.54) is 5.56 Å². The summed E-state index contributed by atoms with van der Waals surface area (Å²) in [6.07, 6.45) is 6.91. The Morgan fingerprint density at radius 3 is 2.29 bits per heavy atom. The molecular formula is C21H24N2O. The Balaban J connectivity index is 1.42. The van der Waals surface area contributed by atoms with E-state index in [0.29, 0.717) is 5.92 Å². The molecule has 124 valence electrons. The van der Waals surface area contributed by atoms with Crippen molar-refractivity contribution >= 4 is 12.1 Å². The first-order valence-electron chi connectivity index (χ1n) is 8.62. The summed E-state index contributed by atoms with van der Waals surface area (Å²) in [6, 6.07) is 20.6. The Hall–Kier alpha value is -2.55. The van der Waals surface area contributed by atoms with Gasteiger partial charge >= 0.3 is 6.03 Å². The quantitative estimate of drug-likeness (QED) is 0.894. The zero-order valence-electron chi connectivity index (χ0n) is 13.9. The van der Waals surface area contributed by atoms with Gasteiger partial charge in [-0.1, -0.05) is 60.7 Å². The van der Waals surface area contributed by atoms with E-state index in [2.05, 4.69) is 35.6 Å². The smallest absolute Gasteiger partial charge is 0.321 e. The molecule has 3 rings (SSSR count). The van der Waals surface area contributed by atoms with Crippen molar-refractivity contribution in [2.75, 3.05) is 13.1 Å². The van der Waals surface area contributed by atoms with Crippen LogP contribution >= 0.6 is 0 Å². The van der Waals surface area contributed by atoms with Gasteiger partial charge in [0.2, 0.25) is 0 Å². The standard InChI is InChI=1S/C21H24N2O/c24-21(22-14-11-18-7-3-1-4-8-18)23-15-12-20(13-16-23)17-19-9-5-2-6-10-19/h1-11,14,20H,12-13,15-17H2,(H,22,24)/b14-11+. The topological polar surface area (TPSA) is 32.3 Å². The highest BCUT2D eigenvalue weighted by Gasteiger charge is 2.22. The molecule has 1 aliphatic rings. The molecule has 2 aromatic rings. The molecule has 0 atom stereocenters. The molecule has 0 spiro atoms. The Morgan fingerprint density at radius 1 is 1.00 bits per heavy atom. The van der Waals surface area contributed by atoms with Crippen LogP contribution < -0.4 is 5.32 Å². The SMILES string of the molecule is O=C(N/C=C/c1ccccc1)N1CCC(Cc2ccccc2)CC1. The number of likely N-dealkylation sites (tertiary alicyclic amines) is 1. The van der Waals surface area contributed by atoms with Crippen LogP contribution in [0.3, 0.4) is 0 Å². The predicted octanol–water partition coefficient (Wildman–Crippen LogP) is 4.32. The minimum absolute atomic E-state index is 0.000317. The first-order chi connectivity index (χ1) is 11.8. The van der Waals surface area contributed by atoms with Gasteiger partial charge in [-0.15, -0.1) is 0 Å². The molecule has 1 N–H and O–H groups in total. The maximum absolute atomic E-state index is 12.2. The molecule has 0 aromatic heterocycles. The van der Waals surface area contributed by atoms with Gasteiger partial charge in [-0.25, -0.2) is 4.79 Å². The summed E-state index contributed by atoms with van der Waals surface area (Å²) in [5.74, 6) is 0.677. The zero-order valence-corrected chi connectivity index (χ0v) is 13.9. The number of benzene rings is 2. The normalized spacial score (nSPS) is 15.6. The second-order valence-electron chi connectivity index (χ2n) is 6.31. The number of nitrogens with zero attached hydrogens (tertiary/aromatic N) is 1. The average Bonchev–Trinajstić information content (AvgIpc) is 2.64. The van der Waals surface area contributed by atoms with Gasteiger partial charge in [-0.3, -0.25) is 0 Å². The average molecular weight is 320 g/mol. The second-order valence-corrected chi connectivity index (χ2v) is 6.31. The molecule has 1 saturated heterocycles. The molecule has 0 saturated carbocycles. The molecule has 0 radical (unpaired) electrons. The summed E-state index contributed by atoms with van der Waals surface area (Å²) in [4.78, 5) is 14.1. The van der Waals surface area contributed by atoms with Crippen LogP contribution in [0.15, 0.2) is 66.9 Å². The second kappa shape index (κ2) is 8.34. The Morgan fingerprint density at radius 2 is 1.62 bits per heavy atom. The Labute approximate surface area is 144 Å². The van der Waals surface area contributed by atoms with E-state index in [-0.39, 0.29) is 6.03 Å². The summed E-state index contributed by atoms with van der Waals surface area (Å²) in [6.45, 7) is 1.67. The number of urea groups is 1. The van der Waals surface area contributed by atoms with E-state index < -0.39 is 0 Å². The lowest BCUT2D eigenvalue weighted by Gasteiger charge is -2.31. The Bertz CT molecular complexity index is 659. The monoisotopic (exact) mass is 320 g/mol. The van der Waals surface area contributed by atoms with E-state index in [0.717, 1.165) is 37.9 Å². The third kappa shape index (κ3) is 4.72. The fourth-order valence-electron chi connectivity index (χ4n) is 3.15. The lowest BCUT2D eigenvalue weighted by Crippen LogP contribution is -2.43. The van der Waals surface area contributed by atoms with Crippen molar-refractivity contribution in [1.29, 1.82) is 0 Å². The van der Waals surface area contributed by atoms with Crippen molar-refractivity contribution in [3.05, 3.63) is 78.0 Å². The third-order valence-electron chi connectivity index (χ3n) is 4.55. The summed E-state index contributed by atoms with van der Waals surface area (Å²) in [7, 11) is 0. The molecule has 1 aliphatic heterocycles. The van der Waals surface area contributed by atoms with Gasteiger partial charge in [0.15, 0.2) is 0 Å². The van der Waals surface area contributed by atoms with Gasteiger partial charge in [0, 0.05) is 19.3 Å². The molecule has 1 heterocycles. The molecule has 24 heavy (non-hydrogen) atoms. The maximum Gasteiger partial charge on any atom is 0.321 e. The number of carbonyl (C=O) groups excluding carboxylic acids is 1. The zero-order chi connectivity index (χ0) is 16.6. The van der Waals surface area contributed by atoms with Crippen molar-refractivity contribution in [3.8, 4) is 0 Å². The molecule has 0 unspecified atom stereocenters. The van der Waals surface area contributed by atoms with E-state index in [9.17, 15) is 4.79 Å². The van der Waals surface area contributed by atoms with Gasteiger partial charge < -0.3 is 10.2 Å². The highest BCUT2D eigenvalue weighted by Crippen LogP contribution is 2.21. The van der Waals surface area contributed by atoms with Gasteiger partial charge in [0.25, 0.3) is 0 Å². The number of hydrogen-bond acceptors (Lipinski definition) is 1. The van der Waals surface area contributed by atoms with E-state index >= 15 is 0 Å². The fourth-order valence-corrected chi connectivity index (χ4v) is 3.15. The molecule has 3 heteroatoms. The number of piperidine rings is 1. The molecular weight excluding hydrogens is 296 g/mol. The number of amides is 2. The molecule has 1 fully saturated rings. The van der Waals surface area contributed by atoms with Crippen molar-refractivity contribution in [2.45, 2.75) is 19.3 Å². The molecule has 0 bridgehead atoms. The van der Waals surface area contributed by atoms with E-state index in [4.69, 9.17) is 0 Å². The summed E-state index contributed by atoms with van der Waals surface area (Å²) in [5, 5.41) is 2.87. The first-order valence-corrected chi connectivity index (χ1v) is 8.62. The molecule has 3 nitrogen and oxygen atoms in total. The van der Waals surface area contributed by atoms with Gasteiger partial charge in [-0.2, -0.15) is 0 Å². The number of nitrogens with one attached hydrogen (secondary N) is 1. The molecule has 2 amide bonds. The van der Waals surface area contributed by atoms with Crippen LogP contribution in [0.5, 0.6) is 0 Å². The van der Waals surface area contributed by atoms with Crippen LogP contribution in [0.25, 0.3) is 6.08 Å². The van der Waals surface area contributed by atoms with Crippen LogP contribution in [-0.4, -0.2) is 24.0 Å². The number of rotatable bonds is 4. The summed E-state index contributed by atoms with van der Waals surface area (Å²) < 4.78 is 0. The lowest BCUT2D eigenvalue weighted by molar-refractivity contribution is 0.173. The minimum Gasteiger partial charge on any atom is -0.325 e. The Kier molecular flexibility index (Phi) is 5.67. The maximum atomic E-state index is 12.2. The third-order valence-corrected chi connectivity index (χ3v) is 4.55. The van der Waals surface area contributed by atoms with Crippen LogP contribution in [0.1, 0.15) is 24.0 Å². The lowest BCUT2D eigenvalue weighted by atomic mass is 9.90. The van der Waals surface area contributed by atoms with Crippen LogP contribution in [0.4, 0.5) is 4.79 Å². The van der Waals surface area contributed by atoms with Crippen molar-refractivity contribution in [3.63, 3.8) is 0 Å². The highest BCUT2D eigenvalue weighted by atomic mass is 16.2. The van der Waals surface area contributed by atoms with Crippen molar-refractivity contribution < 1.29 is 4.79 Å². The van der Waals surface area contributed by atoms with Crippen molar-refractivity contribution in [1.82, 2.24) is 10.2 Å². The van der Waals surface area contributed by atoms with Gasteiger partial charge in [-0.05, 0) is 42.4 Å². The van der Waals surface area contributed by atoms with Crippen molar-refractivity contribution in [2.24, 2.45) is 5.92 Å². The molecule has 2 aromatic carbocycles. The van der Waals surface area contributed by atoms with Crippen LogP contribution in [0, 0.1) is 5.92 Å². The van der Waals surface area contributed by atoms with Gasteiger partial charge in [0.05, 0.1) is 0 Å². The first kappa shape index (κ1) is 16.3. The van der Waals surface area contributed by atoms with E-state index in [1.807, 2.05) is 41.3 Å². The van der Waals surface area contributed by atoms with Gasteiger partial charge in [0.1, 0.15) is 0 Å². The summed E-state index contributed by atoms with van der Waals surface area (Å²) >= 11 is 0. The van der Waals surface area contributed by atoms with Crippen LogP contribution in [-0.2, 0) is 6.42 Å². The minimum atomic E-state index is 0.000317.